The van der Waals surface area contributed by atoms with Crippen LogP contribution in [-0.2, 0) is 0 Å². The Morgan fingerprint density at radius 2 is 2.06 bits per heavy atom. The van der Waals surface area contributed by atoms with Gasteiger partial charge in [0.15, 0.2) is 5.84 Å². The molecular formula is C12H10FN3OS. The molecule has 0 amide bonds. The van der Waals surface area contributed by atoms with Crippen molar-refractivity contribution in [2.24, 2.45) is 10.9 Å². The number of halogens is 1. The fourth-order valence-electron chi connectivity index (χ4n) is 1.33. The lowest BCUT2D eigenvalue weighted by Crippen LogP contribution is -2.14. The first-order valence-electron chi connectivity index (χ1n) is 5.06. The number of aromatic nitrogens is 1. The van der Waals surface area contributed by atoms with Crippen LogP contribution < -0.4 is 5.73 Å². The summed E-state index contributed by atoms with van der Waals surface area (Å²) in [6.45, 7) is 0. The molecule has 92 valence electrons. The van der Waals surface area contributed by atoms with Crippen LogP contribution in [0.4, 0.5) is 4.39 Å². The number of hydrogen-bond donors (Lipinski definition) is 2. The standard InChI is InChI=1S/C12H10FN3OS/c13-8-2-1-3-9(6-8)18-10-4-5-15-11(7-10)12(14)16-17/h1-7,17H,(H2,14,16). The van der Waals surface area contributed by atoms with Crippen molar-refractivity contribution >= 4 is 17.6 Å². The molecule has 0 bridgehead atoms. The van der Waals surface area contributed by atoms with E-state index in [-0.39, 0.29) is 11.7 Å². The minimum absolute atomic E-state index is 0.0586. The molecule has 4 nitrogen and oxygen atoms in total. The Morgan fingerprint density at radius 1 is 1.28 bits per heavy atom. The van der Waals surface area contributed by atoms with E-state index < -0.39 is 0 Å². The van der Waals surface area contributed by atoms with Gasteiger partial charge in [0.05, 0.1) is 0 Å². The van der Waals surface area contributed by atoms with Crippen LogP contribution in [0.2, 0.25) is 0 Å². The van der Waals surface area contributed by atoms with E-state index in [1.54, 1.807) is 30.5 Å². The van der Waals surface area contributed by atoms with Crippen LogP contribution in [0, 0.1) is 5.82 Å². The Hall–Kier alpha value is -2.08. The summed E-state index contributed by atoms with van der Waals surface area (Å²) in [5.41, 5.74) is 5.82. The predicted octanol–water partition coefficient (Wildman–Crippen LogP) is 2.47. The third-order valence-corrected chi connectivity index (χ3v) is 3.11. The van der Waals surface area contributed by atoms with Gasteiger partial charge in [0.1, 0.15) is 11.5 Å². The van der Waals surface area contributed by atoms with Gasteiger partial charge in [0.2, 0.25) is 0 Å². The molecule has 0 saturated heterocycles. The van der Waals surface area contributed by atoms with Gasteiger partial charge in [0.25, 0.3) is 0 Å². The third kappa shape index (κ3) is 2.98. The van der Waals surface area contributed by atoms with Gasteiger partial charge in [-0.15, -0.1) is 0 Å². The van der Waals surface area contributed by atoms with E-state index in [2.05, 4.69) is 10.1 Å². The van der Waals surface area contributed by atoms with Crippen molar-refractivity contribution in [3.05, 3.63) is 54.1 Å². The largest absolute Gasteiger partial charge is 0.409 e. The number of rotatable bonds is 3. The Labute approximate surface area is 107 Å². The zero-order valence-electron chi connectivity index (χ0n) is 9.25. The molecule has 1 aromatic heterocycles. The predicted molar refractivity (Wildman–Crippen MR) is 67.3 cm³/mol. The molecule has 0 spiro atoms. The maximum atomic E-state index is 13.0. The van der Waals surface area contributed by atoms with Crippen molar-refractivity contribution in [2.45, 2.75) is 9.79 Å². The monoisotopic (exact) mass is 263 g/mol. The summed E-state index contributed by atoms with van der Waals surface area (Å²) in [6.07, 6.45) is 1.55. The highest BCUT2D eigenvalue weighted by Gasteiger charge is 2.04. The lowest BCUT2D eigenvalue weighted by atomic mass is 10.3. The topological polar surface area (TPSA) is 71.5 Å². The van der Waals surface area contributed by atoms with Crippen molar-refractivity contribution in [1.82, 2.24) is 4.98 Å². The summed E-state index contributed by atoms with van der Waals surface area (Å²) >= 11 is 1.37. The van der Waals surface area contributed by atoms with E-state index in [9.17, 15) is 4.39 Å². The van der Waals surface area contributed by atoms with Crippen LogP contribution in [0.1, 0.15) is 5.69 Å². The van der Waals surface area contributed by atoms with Gasteiger partial charge in [-0.2, -0.15) is 0 Å². The summed E-state index contributed by atoms with van der Waals surface area (Å²) in [7, 11) is 0. The van der Waals surface area contributed by atoms with Crippen LogP contribution >= 0.6 is 11.8 Å². The second kappa shape index (κ2) is 5.50. The van der Waals surface area contributed by atoms with Gasteiger partial charge in [-0.05, 0) is 30.3 Å². The van der Waals surface area contributed by atoms with Gasteiger partial charge >= 0.3 is 0 Å². The average molecular weight is 263 g/mol. The molecule has 6 heteroatoms. The van der Waals surface area contributed by atoms with Crippen molar-refractivity contribution < 1.29 is 9.60 Å². The maximum Gasteiger partial charge on any atom is 0.188 e. The zero-order valence-corrected chi connectivity index (χ0v) is 10.1. The van der Waals surface area contributed by atoms with Gasteiger partial charge in [-0.25, -0.2) is 4.39 Å². The molecule has 2 aromatic rings. The first-order chi connectivity index (χ1) is 8.69. The summed E-state index contributed by atoms with van der Waals surface area (Å²) in [5.74, 6) is -0.345. The molecule has 0 aliphatic heterocycles. The van der Waals surface area contributed by atoms with Gasteiger partial charge in [-0.1, -0.05) is 23.0 Å². The highest BCUT2D eigenvalue weighted by atomic mass is 32.2. The molecule has 0 aliphatic carbocycles. The van der Waals surface area contributed by atoms with Crippen molar-refractivity contribution in [3.63, 3.8) is 0 Å². The van der Waals surface area contributed by atoms with Crippen molar-refractivity contribution in [1.29, 1.82) is 0 Å². The smallest absolute Gasteiger partial charge is 0.188 e. The first-order valence-corrected chi connectivity index (χ1v) is 5.88. The SMILES string of the molecule is NC(=NO)c1cc(Sc2cccc(F)c2)ccn1. The second-order valence-corrected chi connectivity index (χ2v) is 4.57. The number of oxime groups is 1. The van der Waals surface area contributed by atoms with E-state index in [1.165, 1.54) is 23.9 Å². The highest BCUT2D eigenvalue weighted by molar-refractivity contribution is 7.99. The van der Waals surface area contributed by atoms with Crippen LogP contribution in [0.15, 0.2) is 57.5 Å². The van der Waals surface area contributed by atoms with E-state index in [0.717, 1.165) is 9.79 Å². The van der Waals surface area contributed by atoms with E-state index in [4.69, 9.17) is 10.9 Å². The molecule has 1 heterocycles. The molecular weight excluding hydrogens is 253 g/mol. The molecule has 0 aliphatic rings. The molecule has 0 atom stereocenters. The molecule has 0 radical (unpaired) electrons. The van der Waals surface area contributed by atoms with E-state index in [0.29, 0.717) is 5.69 Å². The van der Waals surface area contributed by atoms with Gasteiger partial charge in [-0.3, -0.25) is 4.98 Å². The van der Waals surface area contributed by atoms with Crippen LogP contribution in [0.25, 0.3) is 0 Å². The summed E-state index contributed by atoms with van der Waals surface area (Å²) in [6, 6.07) is 9.71. The maximum absolute atomic E-state index is 13.0. The molecule has 0 fully saturated rings. The van der Waals surface area contributed by atoms with Crippen molar-refractivity contribution in [3.8, 4) is 0 Å². The Kier molecular flexibility index (Phi) is 3.78. The number of benzene rings is 1. The van der Waals surface area contributed by atoms with Gasteiger partial charge in [0, 0.05) is 16.0 Å². The quantitative estimate of drug-likeness (QED) is 0.386. The van der Waals surface area contributed by atoms with E-state index >= 15 is 0 Å². The number of pyridine rings is 1. The minimum atomic E-state index is -0.286. The Bertz CT molecular complexity index is 589. The Morgan fingerprint density at radius 3 is 2.78 bits per heavy atom. The summed E-state index contributed by atoms with van der Waals surface area (Å²) < 4.78 is 13.0. The van der Waals surface area contributed by atoms with Crippen LogP contribution in [-0.4, -0.2) is 16.0 Å². The van der Waals surface area contributed by atoms with E-state index in [1.807, 2.05) is 0 Å². The molecule has 18 heavy (non-hydrogen) atoms. The molecule has 3 N–H and O–H groups in total. The molecule has 2 rings (SSSR count). The van der Waals surface area contributed by atoms with Crippen molar-refractivity contribution in [2.75, 3.05) is 0 Å². The fraction of sp³-hybridized carbons (Fsp3) is 0. The van der Waals surface area contributed by atoms with Crippen LogP contribution in [0.3, 0.4) is 0 Å². The lowest BCUT2D eigenvalue weighted by Gasteiger charge is -2.03. The summed E-state index contributed by atoms with van der Waals surface area (Å²) in [5, 5.41) is 11.5. The molecule has 0 unspecified atom stereocenters. The second-order valence-electron chi connectivity index (χ2n) is 3.42. The van der Waals surface area contributed by atoms with Crippen LogP contribution in [0.5, 0.6) is 0 Å². The fourth-order valence-corrected chi connectivity index (χ4v) is 2.22. The number of amidine groups is 1. The minimum Gasteiger partial charge on any atom is -0.409 e. The highest BCUT2D eigenvalue weighted by Crippen LogP contribution is 2.27. The summed E-state index contributed by atoms with van der Waals surface area (Å²) in [4.78, 5) is 5.57. The number of hydrogen-bond acceptors (Lipinski definition) is 4. The first kappa shape index (κ1) is 12.4. The normalized spacial score (nSPS) is 11.5. The zero-order chi connectivity index (χ0) is 13.0. The molecule has 1 aromatic carbocycles. The average Bonchev–Trinajstić information content (AvgIpc) is 2.38. The van der Waals surface area contributed by atoms with Gasteiger partial charge < -0.3 is 10.9 Å². The molecule has 0 saturated carbocycles. The number of nitrogens with two attached hydrogens (primary N) is 1. The lowest BCUT2D eigenvalue weighted by molar-refractivity contribution is 0.318. The third-order valence-electron chi connectivity index (χ3n) is 2.13. The Balaban J connectivity index is 2.24. The number of nitrogens with zero attached hydrogens (tertiary/aromatic N) is 2.